The maximum absolute atomic E-state index is 12.1. The molecule has 0 aliphatic heterocycles. The Morgan fingerprint density at radius 2 is 1.21 bits per heavy atom. The number of anilines is 2. The molecule has 8 aromatic rings. The molecule has 68 heavy (non-hydrogen) atoms. The van der Waals surface area contributed by atoms with Crippen LogP contribution >= 0.6 is 0 Å². The number of phenolic OH excluding ortho intramolecular Hbond substituents is 1. The van der Waals surface area contributed by atoms with E-state index in [1.165, 1.54) is 22.3 Å². The van der Waals surface area contributed by atoms with Crippen LogP contribution in [0.25, 0.3) is 61.5 Å². The van der Waals surface area contributed by atoms with Gasteiger partial charge >= 0.3 is 21.1 Å². The van der Waals surface area contributed by atoms with Crippen LogP contribution in [-0.2, 0) is 38.4 Å². The second kappa shape index (κ2) is 20.6. The van der Waals surface area contributed by atoms with Crippen LogP contribution in [0.5, 0.6) is 5.75 Å². The van der Waals surface area contributed by atoms with E-state index in [9.17, 15) is 10.8 Å². The summed E-state index contributed by atoms with van der Waals surface area (Å²) in [5, 5.41) is 12.1. The molecule has 0 unspecified atom stereocenters. The second-order valence-corrected chi connectivity index (χ2v) is 20.4. The predicted molar refractivity (Wildman–Crippen MR) is 285 cm³/mol. The van der Waals surface area contributed by atoms with E-state index in [0.717, 1.165) is 79.1 Å². The summed E-state index contributed by atoms with van der Waals surface area (Å²) in [6.45, 7) is 22.6. The quantitative estimate of drug-likeness (QED) is 0.117. The molecule has 0 spiro atoms. The van der Waals surface area contributed by atoms with Crippen molar-refractivity contribution >= 4 is 17.1 Å². The number of pyridine rings is 1. The molecule has 4 nitrogen and oxygen atoms in total. The van der Waals surface area contributed by atoms with E-state index in [1.807, 2.05) is 18.3 Å². The molecule has 0 fully saturated rings. The molecule has 8 rings (SSSR count). The molecule has 0 saturated carbocycles. The largest absolute Gasteiger partial charge is 2.00 e. The summed E-state index contributed by atoms with van der Waals surface area (Å²) >= 11 is 0. The van der Waals surface area contributed by atoms with Gasteiger partial charge in [0.1, 0.15) is 5.75 Å². The van der Waals surface area contributed by atoms with Gasteiger partial charge in [0, 0.05) is 34.4 Å². The third kappa shape index (κ3) is 10.6. The van der Waals surface area contributed by atoms with Gasteiger partial charge in [0.15, 0.2) is 0 Å². The van der Waals surface area contributed by atoms with Crippen molar-refractivity contribution in [2.45, 2.75) is 105 Å². The van der Waals surface area contributed by atoms with Gasteiger partial charge in [0.25, 0.3) is 0 Å². The average molecular weight is 1080 g/mol. The fraction of sp³-hybridized carbons (Fsp3) is 0.254. The Labute approximate surface area is 420 Å². The second-order valence-electron chi connectivity index (χ2n) is 20.4. The Bertz CT molecular complexity index is 3000. The Morgan fingerprint density at radius 1 is 0.588 bits per heavy atom. The first-order chi connectivity index (χ1) is 32.0. The van der Waals surface area contributed by atoms with Gasteiger partial charge in [-0.2, -0.15) is 0 Å². The molecule has 0 radical (unpaired) electrons. The van der Waals surface area contributed by atoms with E-state index in [-0.39, 0.29) is 43.7 Å². The summed E-state index contributed by atoms with van der Waals surface area (Å²) in [4.78, 5) is 7.17. The van der Waals surface area contributed by atoms with Crippen molar-refractivity contribution in [3.05, 3.63) is 204 Å². The van der Waals surface area contributed by atoms with Crippen LogP contribution in [0.3, 0.4) is 0 Å². The maximum Gasteiger partial charge on any atom is 2.00 e. The van der Waals surface area contributed by atoms with Crippen LogP contribution < -0.4 is 4.90 Å². The standard InChI is InChI=1S/C63H65N3O.Pt/c1-11-63(9,10)52-29-30-58(56(39-52)46-21-16-13-17-22-46)66(40-51-33-48(41(2)3)37-55(42(4)5)61(51)67)59-24-18-23-54(60(59)64)49-34-50(36-53(35-49)62(6,7)8)57-38-47(31-32-65-57)45-27-25-44(26-28-45)43-19-14-12-15-20-43;/h12-33,35-39,41-42,64,67H,11,40H2,1-10H3;/q-2;+2. The van der Waals surface area contributed by atoms with Crippen molar-refractivity contribution in [1.82, 2.24) is 4.98 Å². The summed E-state index contributed by atoms with van der Waals surface area (Å²) in [7, 11) is 0. The number of rotatable bonds is 13. The van der Waals surface area contributed by atoms with E-state index in [4.69, 9.17) is 4.98 Å². The van der Waals surface area contributed by atoms with Gasteiger partial charge in [0.05, 0.1) is 6.54 Å². The molecule has 2 N–H and O–H groups in total. The number of aromatic hydroxyl groups is 1. The number of hydrogen-bond acceptors (Lipinski definition) is 3. The van der Waals surface area contributed by atoms with Gasteiger partial charge in [-0.15, -0.1) is 35.0 Å². The van der Waals surface area contributed by atoms with E-state index in [0.29, 0.717) is 18.0 Å². The van der Waals surface area contributed by atoms with Crippen molar-refractivity contribution in [3.8, 4) is 61.5 Å². The molecule has 0 aliphatic carbocycles. The molecule has 1 aromatic heterocycles. The summed E-state index contributed by atoms with van der Waals surface area (Å²) < 4.78 is 0. The van der Waals surface area contributed by atoms with Crippen molar-refractivity contribution in [2.24, 2.45) is 0 Å². The minimum atomic E-state index is -0.193. The van der Waals surface area contributed by atoms with Crippen LogP contribution in [0, 0.1) is 6.07 Å². The zero-order valence-electron chi connectivity index (χ0n) is 41.3. The first kappa shape index (κ1) is 49.7. The predicted octanol–water partition coefficient (Wildman–Crippen LogP) is 18.2. The minimum absolute atomic E-state index is 0. The van der Waals surface area contributed by atoms with Crippen molar-refractivity contribution in [1.29, 1.82) is 0 Å². The van der Waals surface area contributed by atoms with E-state index in [1.54, 1.807) is 0 Å². The summed E-state index contributed by atoms with van der Waals surface area (Å²) in [5.41, 5.74) is 27.5. The van der Waals surface area contributed by atoms with Gasteiger partial charge in [-0.3, -0.25) is 4.98 Å². The monoisotopic (exact) mass is 1070 g/mol. The SMILES string of the molecule is CCC(C)(C)c1ccc(N(Cc2cc(C(C)C)cc(C(C)C)c2O)c2cccc(-c3[c-]c(-c4cc(-c5ccc(-c6ccccc6)cc5)ccn4)cc(C(C)(C)C)c3)c2[NH-])c(-c2ccccc2)c1.[Pt+2]. The van der Waals surface area contributed by atoms with Gasteiger partial charge in [0.2, 0.25) is 0 Å². The minimum Gasteiger partial charge on any atom is -0.703 e. The molecule has 0 bridgehead atoms. The topological polar surface area (TPSA) is 60.2 Å². The van der Waals surface area contributed by atoms with Gasteiger partial charge < -0.3 is 15.7 Å². The van der Waals surface area contributed by atoms with E-state index in [2.05, 4.69) is 226 Å². The first-order valence-electron chi connectivity index (χ1n) is 23.9. The third-order valence-corrected chi connectivity index (χ3v) is 13.6. The van der Waals surface area contributed by atoms with E-state index >= 15 is 0 Å². The zero-order valence-corrected chi connectivity index (χ0v) is 43.6. The number of nitrogens with one attached hydrogen (secondary N) is 1. The molecule has 0 amide bonds. The van der Waals surface area contributed by atoms with Crippen LogP contribution in [0.2, 0.25) is 0 Å². The molecule has 5 heteroatoms. The fourth-order valence-corrected chi connectivity index (χ4v) is 8.87. The molecule has 0 aliphatic rings. The third-order valence-electron chi connectivity index (χ3n) is 13.6. The van der Waals surface area contributed by atoms with Gasteiger partial charge in [-0.25, -0.2) is 0 Å². The number of phenols is 1. The fourth-order valence-electron chi connectivity index (χ4n) is 8.87. The zero-order chi connectivity index (χ0) is 47.6. The number of hydrogen-bond donors (Lipinski definition) is 1. The van der Waals surface area contributed by atoms with E-state index < -0.39 is 0 Å². The van der Waals surface area contributed by atoms with Crippen LogP contribution in [0.4, 0.5) is 17.1 Å². The summed E-state index contributed by atoms with van der Waals surface area (Å²) in [6, 6.07) is 59.4. The molecule has 7 aromatic carbocycles. The van der Waals surface area contributed by atoms with Crippen molar-refractivity contribution in [2.75, 3.05) is 4.90 Å². The average Bonchev–Trinajstić information content (AvgIpc) is 3.33. The Morgan fingerprint density at radius 3 is 1.82 bits per heavy atom. The van der Waals surface area contributed by atoms with Crippen LogP contribution in [-0.4, -0.2) is 10.1 Å². The Hall–Kier alpha value is -6.22. The molecular weight excluding hydrogens is 1010 g/mol. The smallest absolute Gasteiger partial charge is 0.703 e. The van der Waals surface area contributed by atoms with Gasteiger partial charge in [-0.1, -0.05) is 202 Å². The molecule has 1 heterocycles. The van der Waals surface area contributed by atoms with Crippen LogP contribution in [0.15, 0.2) is 164 Å². The number of nitrogens with zero attached hydrogens (tertiary/aromatic N) is 2. The molecule has 0 saturated heterocycles. The summed E-state index contributed by atoms with van der Waals surface area (Å²) in [5.74, 6) is 0.715. The first-order valence-corrected chi connectivity index (χ1v) is 23.9. The molecule has 348 valence electrons. The number of aromatic nitrogens is 1. The van der Waals surface area contributed by atoms with Crippen molar-refractivity contribution < 1.29 is 26.2 Å². The van der Waals surface area contributed by atoms with Crippen molar-refractivity contribution in [3.63, 3.8) is 0 Å². The normalized spacial score (nSPS) is 11.8. The molecular formula is C63H65N3OPt. The number of benzene rings is 7. The summed E-state index contributed by atoms with van der Waals surface area (Å²) in [6.07, 6.45) is 2.87. The molecule has 0 atom stereocenters. The van der Waals surface area contributed by atoms with Gasteiger partial charge in [-0.05, 0) is 97.9 Å². The maximum atomic E-state index is 12.1. The Balaban J connectivity index is 0.00000684. The Kier molecular flexibility index (Phi) is 15.0. The van der Waals surface area contributed by atoms with Crippen LogP contribution in [0.1, 0.15) is 115 Å².